The van der Waals surface area contributed by atoms with Gasteiger partial charge in [-0.25, -0.2) is 4.79 Å². The van der Waals surface area contributed by atoms with E-state index in [9.17, 15) is 9.90 Å². The number of benzene rings is 1. The van der Waals surface area contributed by atoms with Gasteiger partial charge in [-0.3, -0.25) is 0 Å². The van der Waals surface area contributed by atoms with Crippen LogP contribution in [0.15, 0.2) is 28.9 Å². The van der Waals surface area contributed by atoms with Gasteiger partial charge in [0.1, 0.15) is 17.1 Å². The molecule has 0 aliphatic rings. The van der Waals surface area contributed by atoms with Gasteiger partial charge in [-0.15, -0.1) is 0 Å². The number of carbonyl (C=O) groups is 1. The predicted octanol–water partition coefficient (Wildman–Crippen LogP) is 3.31. The maximum absolute atomic E-state index is 11.9. The van der Waals surface area contributed by atoms with E-state index in [0.717, 1.165) is 12.0 Å². The molecule has 0 unspecified atom stereocenters. The Morgan fingerprint density at radius 1 is 1.47 bits per heavy atom. The topological polar surface area (TPSA) is 59.7 Å². The maximum Gasteiger partial charge on any atom is 0.342 e. The van der Waals surface area contributed by atoms with Gasteiger partial charge in [-0.2, -0.15) is 0 Å². The van der Waals surface area contributed by atoms with E-state index in [1.807, 2.05) is 13.0 Å². The molecular formula is C15H16O4. The quantitative estimate of drug-likeness (QED) is 0.860. The first-order valence-electron chi connectivity index (χ1n) is 6.07. The largest absolute Gasteiger partial charge is 0.507 e. The summed E-state index contributed by atoms with van der Waals surface area (Å²) in [6.45, 7) is 3.78. The van der Waals surface area contributed by atoms with Crippen LogP contribution in [0.3, 0.4) is 0 Å². The average Bonchev–Trinajstić information content (AvgIpc) is 2.94. The molecule has 0 bridgehead atoms. The van der Waals surface area contributed by atoms with Crippen LogP contribution in [-0.4, -0.2) is 18.2 Å². The third-order valence-electron chi connectivity index (χ3n) is 3.22. The summed E-state index contributed by atoms with van der Waals surface area (Å²) in [4.78, 5) is 11.9. The number of methoxy groups -OCH3 is 1. The third kappa shape index (κ3) is 2.21. The standard InChI is InChI=1S/C15H16O4/c1-4-10-8-11(12-6-5-7-19-12)13(15(17)18-3)14(16)9(10)2/h5-8,16H,4H2,1-3H3. The number of phenolic OH excluding ortho intramolecular Hbond substituents is 1. The van der Waals surface area contributed by atoms with E-state index in [2.05, 4.69) is 0 Å². The average molecular weight is 260 g/mol. The minimum atomic E-state index is -0.574. The number of hydrogen-bond donors (Lipinski definition) is 1. The first kappa shape index (κ1) is 13.2. The summed E-state index contributed by atoms with van der Waals surface area (Å²) < 4.78 is 10.1. The van der Waals surface area contributed by atoms with Gasteiger partial charge in [0.15, 0.2) is 0 Å². The smallest absolute Gasteiger partial charge is 0.342 e. The van der Waals surface area contributed by atoms with Gasteiger partial charge in [0.2, 0.25) is 0 Å². The molecule has 19 heavy (non-hydrogen) atoms. The Bertz CT molecular complexity index is 597. The van der Waals surface area contributed by atoms with E-state index >= 15 is 0 Å². The zero-order chi connectivity index (χ0) is 14.0. The number of hydrogen-bond acceptors (Lipinski definition) is 4. The summed E-state index contributed by atoms with van der Waals surface area (Å²) in [6, 6.07) is 5.34. The van der Waals surface area contributed by atoms with Crippen LogP contribution in [0.2, 0.25) is 0 Å². The molecule has 0 aliphatic heterocycles. The minimum absolute atomic E-state index is 0.0439. The second-order valence-electron chi connectivity index (χ2n) is 4.25. The fraction of sp³-hybridized carbons (Fsp3) is 0.267. The van der Waals surface area contributed by atoms with Crippen molar-refractivity contribution in [3.05, 3.63) is 41.2 Å². The molecule has 4 nitrogen and oxygen atoms in total. The Morgan fingerprint density at radius 2 is 2.21 bits per heavy atom. The summed E-state index contributed by atoms with van der Waals surface area (Å²) >= 11 is 0. The fourth-order valence-corrected chi connectivity index (χ4v) is 2.12. The van der Waals surface area contributed by atoms with Crippen LogP contribution in [0.5, 0.6) is 5.75 Å². The highest BCUT2D eigenvalue weighted by atomic mass is 16.5. The van der Waals surface area contributed by atoms with Crippen LogP contribution in [-0.2, 0) is 11.2 Å². The molecule has 0 radical (unpaired) electrons. The van der Waals surface area contributed by atoms with Crippen LogP contribution in [0.1, 0.15) is 28.4 Å². The van der Waals surface area contributed by atoms with Crippen molar-refractivity contribution >= 4 is 5.97 Å². The zero-order valence-electron chi connectivity index (χ0n) is 11.2. The van der Waals surface area contributed by atoms with Gasteiger partial charge in [0.25, 0.3) is 0 Å². The molecule has 1 N–H and O–H groups in total. The van der Waals surface area contributed by atoms with Gasteiger partial charge in [0, 0.05) is 5.56 Å². The summed E-state index contributed by atoms with van der Waals surface area (Å²) in [6.07, 6.45) is 2.29. The SMILES string of the molecule is CCc1cc(-c2ccco2)c(C(=O)OC)c(O)c1C. The molecule has 0 saturated carbocycles. The summed E-state index contributed by atoms with van der Waals surface area (Å²) in [7, 11) is 1.29. The molecule has 0 amide bonds. The second-order valence-corrected chi connectivity index (χ2v) is 4.25. The van der Waals surface area contributed by atoms with Crippen molar-refractivity contribution in [2.45, 2.75) is 20.3 Å². The van der Waals surface area contributed by atoms with Crippen molar-refractivity contribution < 1.29 is 19.1 Å². The van der Waals surface area contributed by atoms with Crippen molar-refractivity contribution in [3.8, 4) is 17.1 Å². The molecule has 4 heteroatoms. The van der Waals surface area contributed by atoms with E-state index in [-0.39, 0.29) is 11.3 Å². The van der Waals surface area contributed by atoms with Crippen LogP contribution >= 0.6 is 0 Å². The molecule has 0 spiro atoms. The minimum Gasteiger partial charge on any atom is -0.507 e. The molecule has 1 aromatic carbocycles. The molecule has 0 aliphatic carbocycles. The number of aromatic hydroxyl groups is 1. The van der Waals surface area contributed by atoms with E-state index in [4.69, 9.17) is 9.15 Å². The van der Waals surface area contributed by atoms with E-state index in [0.29, 0.717) is 16.9 Å². The Hall–Kier alpha value is -2.23. The molecule has 0 saturated heterocycles. The zero-order valence-corrected chi connectivity index (χ0v) is 11.2. The van der Waals surface area contributed by atoms with Gasteiger partial charge < -0.3 is 14.3 Å². The Morgan fingerprint density at radius 3 is 2.74 bits per heavy atom. The fourth-order valence-electron chi connectivity index (χ4n) is 2.12. The van der Waals surface area contributed by atoms with Crippen LogP contribution in [0.4, 0.5) is 0 Å². The van der Waals surface area contributed by atoms with Crippen molar-refractivity contribution in [1.29, 1.82) is 0 Å². The predicted molar refractivity (Wildman–Crippen MR) is 71.3 cm³/mol. The number of furan rings is 1. The number of ether oxygens (including phenoxy) is 1. The molecule has 1 heterocycles. The first-order valence-corrected chi connectivity index (χ1v) is 6.07. The number of aryl methyl sites for hydroxylation is 1. The van der Waals surface area contributed by atoms with E-state index in [1.165, 1.54) is 13.4 Å². The van der Waals surface area contributed by atoms with Crippen molar-refractivity contribution in [2.24, 2.45) is 0 Å². The van der Waals surface area contributed by atoms with E-state index in [1.54, 1.807) is 19.1 Å². The summed E-state index contributed by atoms with van der Waals surface area (Å²) in [5.41, 5.74) is 2.36. The third-order valence-corrected chi connectivity index (χ3v) is 3.22. The second kappa shape index (κ2) is 5.18. The normalized spacial score (nSPS) is 10.5. The van der Waals surface area contributed by atoms with Crippen LogP contribution < -0.4 is 0 Å². The summed E-state index contributed by atoms with van der Waals surface area (Å²) in [5, 5.41) is 10.2. The highest BCUT2D eigenvalue weighted by Gasteiger charge is 2.23. The Balaban J connectivity index is 2.76. The first-order chi connectivity index (χ1) is 9.10. The lowest BCUT2D eigenvalue weighted by molar-refractivity contribution is 0.0598. The molecule has 100 valence electrons. The highest BCUT2D eigenvalue weighted by Crippen LogP contribution is 2.36. The van der Waals surface area contributed by atoms with Crippen molar-refractivity contribution in [3.63, 3.8) is 0 Å². The van der Waals surface area contributed by atoms with Crippen LogP contribution in [0, 0.1) is 6.92 Å². The highest BCUT2D eigenvalue weighted by molar-refractivity contribution is 6.00. The number of phenols is 1. The lowest BCUT2D eigenvalue weighted by Crippen LogP contribution is -2.06. The lowest BCUT2D eigenvalue weighted by atomic mass is 9.95. The van der Waals surface area contributed by atoms with Crippen molar-refractivity contribution in [1.82, 2.24) is 0 Å². The molecular weight excluding hydrogens is 244 g/mol. The van der Waals surface area contributed by atoms with E-state index < -0.39 is 5.97 Å². The van der Waals surface area contributed by atoms with Gasteiger partial charge in [-0.05, 0) is 42.7 Å². The Labute approximate surface area is 111 Å². The monoisotopic (exact) mass is 260 g/mol. The summed E-state index contributed by atoms with van der Waals surface area (Å²) in [5.74, 6) is -0.0855. The number of rotatable bonds is 3. The van der Waals surface area contributed by atoms with Crippen LogP contribution in [0.25, 0.3) is 11.3 Å². The number of carbonyl (C=O) groups excluding carboxylic acids is 1. The lowest BCUT2D eigenvalue weighted by Gasteiger charge is -2.14. The number of esters is 1. The Kier molecular flexibility index (Phi) is 3.60. The van der Waals surface area contributed by atoms with Crippen molar-refractivity contribution in [2.75, 3.05) is 7.11 Å². The molecule has 2 rings (SSSR count). The molecule has 0 fully saturated rings. The van der Waals surface area contributed by atoms with Gasteiger partial charge in [0.05, 0.1) is 13.4 Å². The molecule has 2 aromatic rings. The van der Waals surface area contributed by atoms with Gasteiger partial charge in [-0.1, -0.05) is 6.92 Å². The van der Waals surface area contributed by atoms with Gasteiger partial charge >= 0.3 is 5.97 Å². The maximum atomic E-state index is 11.9. The molecule has 1 aromatic heterocycles. The molecule has 0 atom stereocenters.